The van der Waals surface area contributed by atoms with E-state index in [0.29, 0.717) is 6.42 Å². The van der Waals surface area contributed by atoms with E-state index in [2.05, 4.69) is 5.10 Å². The van der Waals surface area contributed by atoms with Crippen LogP contribution in [0.5, 0.6) is 0 Å². The lowest BCUT2D eigenvalue weighted by atomic mass is 9.90. The molecule has 1 aromatic rings. The van der Waals surface area contributed by atoms with E-state index < -0.39 is 0 Å². The average Bonchev–Trinajstić information content (AvgIpc) is 2.49. The topological polar surface area (TPSA) is 58.7 Å². The van der Waals surface area contributed by atoms with Gasteiger partial charge in [-0.3, -0.25) is 4.79 Å². The maximum atomic E-state index is 11.7. The summed E-state index contributed by atoms with van der Waals surface area (Å²) in [4.78, 5) is 11.7. The number of carbonyl (C=O) groups excluding carboxylic acids is 1. The van der Waals surface area contributed by atoms with Gasteiger partial charge < -0.3 is 5.73 Å². The molecule has 1 unspecified atom stereocenters. The van der Waals surface area contributed by atoms with Gasteiger partial charge in [0.15, 0.2) is 0 Å². The molecule has 0 aromatic heterocycles. The summed E-state index contributed by atoms with van der Waals surface area (Å²) < 4.78 is 0. The summed E-state index contributed by atoms with van der Waals surface area (Å²) in [6.45, 7) is 0. The molecule has 18 heavy (non-hydrogen) atoms. The van der Waals surface area contributed by atoms with Crippen LogP contribution >= 0.6 is 0 Å². The van der Waals surface area contributed by atoms with Gasteiger partial charge in [-0.2, -0.15) is 5.10 Å². The molecule has 3 rings (SSSR count). The molecule has 1 atom stereocenters. The summed E-state index contributed by atoms with van der Waals surface area (Å²) in [7, 11) is 1.73. The lowest BCUT2D eigenvalue weighted by Crippen LogP contribution is -2.34. The second-order valence-corrected chi connectivity index (χ2v) is 5.11. The zero-order chi connectivity index (χ0) is 12.7. The number of aryl methyl sites for hydroxylation is 1. The quantitative estimate of drug-likeness (QED) is 0.706. The number of nitrogens with zero attached hydrogens (tertiary/aromatic N) is 2. The van der Waals surface area contributed by atoms with Crippen molar-refractivity contribution in [1.82, 2.24) is 5.01 Å². The molecular weight excluding hydrogens is 226 g/mol. The Labute approximate surface area is 106 Å². The first-order chi connectivity index (χ1) is 8.65. The van der Waals surface area contributed by atoms with Gasteiger partial charge in [0.25, 0.3) is 0 Å². The first-order valence-corrected chi connectivity index (χ1v) is 6.39. The highest BCUT2D eigenvalue weighted by Gasteiger charge is 2.31. The Morgan fingerprint density at radius 2 is 2.28 bits per heavy atom. The molecule has 4 nitrogen and oxygen atoms in total. The van der Waals surface area contributed by atoms with E-state index in [1.807, 2.05) is 18.2 Å². The molecule has 0 saturated carbocycles. The van der Waals surface area contributed by atoms with Gasteiger partial charge in [0.05, 0.1) is 5.71 Å². The van der Waals surface area contributed by atoms with Crippen molar-refractivity contribution in [2.24, 2.45) is 11.0 Å². The molecule has 0 fully saturated rings. The van der Waals surface area contributed by atoms with Crippen molar-refractivity contribution in [1.29, 1.82) is 0 Å². The van der Waals surface area contributed by atoms with E-state index >= 15 is 0 Å². The smallest absolute Gasteiger partial charge is 0.243 e. The number of amides is 1. The maximum absolute atomic E-state index is 11.7. The van der Waals surface area contributed by atoms with Gasteiger partial charge in [0, 0.05) is 30.6 Å². The third-order valence-corrected chi connectivity index (χ3v) is 3.83. The van der Waals surface area contributed by atoms with Crippen LogP contribution < -0.4 is 5.73 Å². The molecule has 2 N–H and O–H groups in total. The fraction of sp³-hybridized carbons (Fsp3) is 0.429. The van der Waals surface area contributed by atoms with Crippen molar-refractivity contribution in [3.63, 3.8) is 0 Å². The molecule has 94 valence electrons. The lowest BCUT2D eigenvalue weighted by molar-refractivity contribution is -0.131. The van der Waals surface area contributed by atoms with Crippen LogP contribution in [0.3, 0.4) is 0 Å². The summed E-state index contributed by atoms with van der Waals surface area (Å²) in [5.41, 5.74) is 10.1. The Balaban J connectivity index is 2.12. The molecular formula is C14H17N3O. The van der Waals surface area contributed by atoms with Crippen LogP contribution in [0.4, 0.5) is 5.69 Å². The van der Waals surface area contributed by atoms with Gasteiger partial charge in [-0.1, -0.05) is 6.07 Å². The minimum Gasteiger partial charge on any atom is -0.399 e. The second kappa shape index (κ2) is 4.12. The van der Waals surface area contributed by atoms with Crippen LogP contribution in [-0.4, -0.2) is 23.7 Å². The molecule has 0 spiro atoms. The van der Waals surface area contributed by atoms with Gasteiger partial charge in [-0.25, -0.2) is 5.01 Å². The predicted molar refractivity (Wildman–Crippen MR) is 71.2 cm³/mol. The van der Waals surface area contributed by atoms with Gasteiger partial charge in [-0.05, 0) is 37.0 Å². The number of nitrogen functional groups attached to an aromatic ring is 1. The van der Waals surface area contributed by atoms with Crippen LogP contribution in [-0.2, 0) is 11.2 Å². The lowest BCUT2D eigenvalue weighted by Gasteiger charge is -2.26. The largest absolute Gasteiger partial charge is 0.399 e. The van der Waals surface area contributed by atoms with Gasteiger partial charge >= 0.3 is 0 Å². The Bertz CT molecular complexity index is 536. The number of nitrogens with two attached hydrogens (primary N) is 1. The Morgan fingerprint density at radius 1 is 1.44 bits per heavy atom. The van der Waals surface area contributed by atoms with Crippen LogP contribution in [0.2, 0.25) is 0 Å². The first kappa shape index (κ1) is 11.3. The number of fused-ring (bicyclic) bond motifs is 3. The van der Waals surface area contributed by atoms with Crippen LogP contribution in [0.25, 0.3) is 0 Å². The fourth-order valence-corrected chi connectivity index (χ4v) is 2.86. The molecule has 1 aromatic carbocycles. The van der Waals surface area contributed by atoms with Crippen LogP contribution in [0, 0.1) is 5.92 Å². The van der Waals surface area contributed by atoms with Crippen molar-refractivity contribution in [3.8, 4) is 0 Å². The molecule has 1 aliphatic carbocycles. The zero-order valence-corrected chi connectivity index (χ0v) is 10.5. The van der Waals surface area contributed by atoms with E-state index in [1.54, 1.807) is 7.05 Å². The van der Waals surface area contributed by atoms with Crippen molar-refractivity contribution in [2.45, 2.75) is 25.7 Å². The molecule has 0 bridgehead atoms. The standard InChI is InChI=1S/C14H17N3O/c1-17-13(18)8-10-4-2-3-9-7-11(15)5-6-12(9)14(10)16-17/h5-7,10H,2-4,8,15H2,1H3. The van der Waals surface area contributed by atoms with Crippen molar-refractivity contribution in [2.75, 3.05) is 12.8 Å². The number of anilines is 1. The highest BCUT2D eigenvalue weighted by molar-refractivity contribution is 6.07. The van der Waals surface area contributed by atoms with Gasteiger partial charge in [-0.15, -0.1) is 0 Å². The third kappa shape index (κ3) is 1.78. The van der Waals surface area contributed by atoms with Crippen molar-refractivity contribution < 1.29 is 4.79 Å². The Hall–Kier alpha value is -1.84. The van der Waals surface area contributed by atoms with Crippen molar-refractivity contribution in [3.05, 3.63) is 29.3 Å². The summed E-state index contributed by atoms with van der Waals surface area (Å²) in [5, 5.41) is 5.95. The number of hydrazone groups is 1. The van der Waals surface area contributed by atoms with E-state index in [1.165, 1.54) is 16.1 Å². The van der Waals surface area contributed by atoms with Gasteiger partial charge in [0.2, 0.25) is 5.91 Å². The van der Waals surface area contributed by atoms with E-state index in [4.69, 9.17) is 5.73 Å². The molecule has 0 radical (unpaired) electrons. The molecule has 1 amide bonds. The minimum absolute atomic E-state index is 0.114. The molecule has 4 heteroatoms. The summed E-state index contributed by atoms with van der Waals surface area (Å²) in [6.07, 6.45) is 3.73. The number of rotatable bonds is 0. The Morgan fingerprint density at radius 3 is 3.11 bits per heavy atom. The monoisotopic (exact) mass is 243 g/mol. The highest BCUT2D eigenvalue weighted by atomic mass is 16.2. The van der Waals surface area contributed by atoms with Crippen molar-refractivity contribution >= 4 is 17.3 Å². The Kier molecular flexibility index (Phi) is 2.58. The maximum Gasteiger partial charge on any atom is 0.243 e. The number of hydrogen-bond acceptors (Lipinski definition) is 3. The van der Waals surface area contributed by atoms with E-state index in [0.717, 1.165) is 30.7 Å². The summed E-state index contributed by atoms with van der Waals surface area (Å²) >= 11 is 0. The average molecular weight is 243 g/mol. The first-order valence-electron chi connectivity index (χ1n) is 6.39. The van der Waals surface area contributed by atoms with Crippen LogP contribution in [0.1, 0.15) is 30.4 Å². The summed E-state index contributed by atoms with van der Waals surface area (Å²) in [6, 6.07) is 6.00. The van der Waals surface area contributed by atoms with E-state index in [-0.39, 0.29) is 11.8 Å². The SMILES string of the molecule is CN1N=C2c3ccc(N)cc3CCCC2CC1=O. The highest BCUT2D eigenvalue weighted by Crippen LogP contribution is 2.31. The molecule has 1 heterocycles. The second-order valence-electron chi connectivity index (χ2n) is 5.11. The fourth-order valence-electron chi connectivity index (χ4n) is 2.86. The number of carbonyl (C=O) groups is 1. The zero-order valence-electron chi connectivity index (χ0n) is 10.5. The normalized spacial score (nSPS) is 22.9. The number of benzene rings is 1. The minimum atomic E-state index is 0.114. The van der Waals surface area contributed by atoms with Gasteiger partial charge in [0.1, 0.15) is 0 Å². The third-order valence-electron chi connectivity index (χ3n) is 3.83. The molecule has 0 saturated heterocycles. The summed E-state index contributed by atoms with van der Waals surface area (Å²) in [5.74, 6) is 0.390. The van der Waals surface area contributed by atoms with E-state index in [9.17, 15) is 4.79 Å². The number of hydrogen-bond donors (Lipinski definition) is 1. The van der Waals surface area contributed by atoms with Crippen LogP contribution in [0.15, 0.2) is 23.3 Å². The molecule has 1 aliphatic heterocycles. The predicted octanol–water partition coefficient (Wildman–Crippen LogP) is 1.79. The molecule has 2 aliphatic rings.